The maximum Gasteiger partial charge on any atom is 0.223 e. The Bertz CT molecular complexity index is 1230. The first kappa shape index (κ1) is 17.8. The fourth-order valence-corrected chi connectivity index (χ4v) is 4.87. The van der Waals surface area contributed by atoms with Gasteiger partial charge in [0.1, 0.15) is 0 Å². The summed E-state index contributed by atoms with van der Waals surface area (Å²) in [6.45, 7) is 3.58. The Balaban J connectivity index is 1.75. The number of hydrogen-bond acceptors (Lipinski definition) is 5. The molecule has 7 heteroatoms. The minimum absolute atomic E-state index is 0.112. The number of carbonyl (C=O) groups is 1. The summed E-state index contributed by atoms with van der Waals surface area (Å²) in [5, 5.41) is 8.47. The second-order valence-electron chi connectivity index (χ2n) is 7.14. The third-order valence-corrected chi connectivity index (χ3v) is 5.99. The highest BCUT2D eigenvalue weighted by Crippen LogP contribution is 2.44. The maximum absolute atomic E-state index is 11.5. The second-order valence-corrected chi connectivity index (χ2v) is 8.14. The summed E-state index contributed by atoms with van der Waals surface area (Å²) in [5.41, 5.74) is 7.42. The van der Waals surface area contributed by atoms with Crippen LogP contribution in [0.5, 0.6) is 0 Å². The van der Waals surface area contributed by atoms with Crippen LogP contribution in [0, 0.1) is 6.92 Å². The molecular weight excluding hydrogens is 382 g/mol. The largest absolute Gasteiger partial charge is 0.302 e. The molecule has 0 saturated heterocycles. The first-order valence-corrected chi connectivity index (χ1v) is 10.3. The van der Waals surface area contributed by atoms with Crippen LogP contribution in [0.25, 0.3) is 27.5 Å². The van der Waals surface area contributed by atoms with E-state index >= 15 is 0 Å². The van der Waals surface area contributed by atoms with Crippen LogP contribution in [-0.4, -0.2) is 25.7 Å². The van der Waals surface area contributed by atoms with Crippen molar-refractivity contribution in [1.82, 2.24) is 19.7 Å². The average Bonchev–Trinajstić information content (AvgIpc) is 3.29. The van der Waals surface area contributed by atoms with Crippen molar-refractivity contribution < 1.29 is 4.79 Å². The third kappa shape index (κ3) is 3.13. The molecule has 5 rings (SSSR count). The molecule has 6 nitrogen and oxygen atoms in total. The highest BCUT2D eigenvalue weighted by atomic mass is 32.1. The lowest BCUT2D eigenvalue weighted by atomic mass is 9.95. The lowest BCUT2D eigenvalue weighted by molar-refractivity contribution is -0.114. The molecule has 0 saturated carbocycles. The molecule has 4 aromatic rings. The van der Waals surface area contributed by atoms with E-state index in [1.807, 2.05) is 29.1 Å². The number of nitrogens with one attached hydrogen (secondary N) is 1. The van der Waals surface area contributed by atoms with Gasteiger partial charge in [0.2, 0.25) is 5.91 Å². The van der Waals surface area contributed by atoms with Gasteiger partial charge in [0, 0.05) is 30.4 Å². The van der Waals surface area contributed by atoms with Crippen molar-refractivity contribution in [3.8, 4) is 27.5 Å². The molecule has 0 bridgehead atoms. The molecule has 0 spiro atoms. The fourth-order valence-electron chi connectivity index (χ4n) is 3.76. The Morgan fingerprint density at radius 2 is 2.10 bits per heavy atom. The predicted molar refractivity (Wildman–Crippen MR) is 114 cm³/mol. The van der Waals surface area contributed by atoms with Crippen molar-refractivity contribution in [2.75, 3.05) is 5.32 Å². The summed E-state index contributed by atoms with van der Waals surface area (Å²) in [6, 6.07) is 12.3. The maximum atomic E-state index is 11.5. The standard InChI is InChI=1S/C22H19N5OS/c1-13-5-3-7-16(11-13)27-20-17(19(26-27)15-6-4-10-23-12-15)8-9-18-21(20)29-22(25-18)24-14(2)28/h3-7,10-12H,8-9H2,1-2H3,(H,24,25,28). The van der Waals surface area contributed by atoms with Crippen molar-refractivity contribution >= 4 is 22.4 Å². The first-order chi connectivity index (χ1) is 14.1. The smallest absolute Gasteiger partial charge is 0.223 e. The zero-order chi connectivity index (χ0) is 20.0. The average molecular weight is 401 g/mol. The molecule has 1 aliphatic rings. The number of aromatic nitrogens is 4. The van der Waals surface area contributed by atoms with Crippen molar-refractivity contribution in [3.05, 3.63) is 65.6 Å². The Morgan fingerprint density at radius 3 is 2.86 bits per heavy atom. The number of pyridine rings is 1. The SMILES string of the molecule is CC(=O)Nc1nc2c(s1)-c1c(c(-c3cccnc3)nn1-c1cccc(C)c1)CC2. The van der Waals surface area contributed by atoms with Crippen LogP contribution < -0.4 is 5.32 Å². The van der Waals surface area contributed by atoms with E-state index in [0.29, 0.717) is 5.13 Å². The van der Waals surface area contributed by atoms with Crippen molar-refractivity contribution in [2.24, 2.45) is 0 Å². The molecule has 1 aliphatic carbocycles. The summed E-state index contributed by atoms with van der Waals surface area (Å²) in [6.07, 6.45) is 5.30. The van der Waals surface area contributed by atoms with Gasteiger partial charge in [-0.1, -0.05) is 23.5 Å². The van der Waals surface area contributed by atoms with E-state index < -0.39 is 0 Å². The zero-order valence-corrected chi connectivity index (χ0v) is 17.0. The zero-order valence-electron chi connectivity index (χ0n) is 16.1. The Labute approximate surface area is 172 Å². The molecule has 0 atom stereocenters. The van der Waals surface area contributed by atoms with Crippen LogP contribution in [0.15, 0.2) is 48.8 Å². The molecule has 29 heavy (non-hydrogen) atoms. The van der Waals surface area contributed by atoms with Gasteiger partial charge in [-0.3, -0.25) is 9.78 Å². The number of fused-ring (bicyclic) bond motifs is 3. The van der Waals surface area contributed by atoms with Gasteiger partial charge < -0.3 is 5.32 Å². The quantitative estimate of drug-likeness (QED) is 0.551. The molecule has 0 unspecified atom stereocenters. The van der Waals surface area contributed by atoms with Gasteiger partial charge in [-0.05, 0) is 49.6 Å². The van der Waals surface area contributed by atoms with Crippen molar-refractivity contribution in [1.29, 1.82) is 0 Å². The normalized spacial score (nSPS) is 12.3. The molecule has 3 aromatic heterocycles. The van der Waals surface area contributed by atoms with Gasteiger partial charge in [-0.15, -0.1) is 0 Å². The molecule has 0 fully saturated rings. The highest BCUT2D eigenvalue weighted by molar-refractivity contribution is 7.19. The Morgan fingerprint density at radius 1 is 1.21 bits per heavy atom. The van der Waals surface area contributed by atoms with E-state index in [0.717, 1.165) is 46.1 Å². The van der Waals surface area contributed by atoms with E-state index in [2.05, 4.69) is 40.4 Å². The summed E-state index contributed by atoms with van der Waals surface area (Å²) in [4.78, 5) is 21.5. The summed E-state index contributed by atoms with van der Waals surface area (Å²) < 4.78 is 2.01. The number of thiazole rings is 1. The molecule has 144 valence electrons. The molecule has 0 radical (unpaired) electrons. The third-order valence-electron chi connectivity index (χ3n) is 4.97. The molecule has 1 amide bonds. The number of benzene rings is 1. The lowest BCUT2D eigenvalue weighted by Gasteiger charge is -2.14. The van der Waals surface area contributed by atoms with Crippen molar-refractivity contribution in [2.45, 2.75) is 26.7 Å². The molecule has 1 N–H and O–H groups in total. The van der Waals surface area contributed by atoms with Gasteiger partial charge in [0.15, 0.2) is 5.13 Å². The molecular formula is C22H19N5OS. The Kier molecular flexibility index (Phi) is 4.24. The van der Waals surface area contributed by atoms with E-state index in [9.17, 15) is 4.79 Å². The minimum Gasteiger partial charge on any atom is -0.302 e. The highest BCUT2D eigenvalue weighted by Gasteiger charge is 2.29. The molecule has 3 heterocycles. The molecule has 1 aromatic carbocycles. The number of rotatable bonds is 3. The van der Waals surface area contributed by atoms with Gasteiger partial charge >= 0.3 is 0 Å². The minimum atomic E-state index is -0.112. The Hall–Kier alpha value is -3.32. The molecule has 0 aliphatic heterocycles. The van der Waals surface area contributed by atoms with E-state index in [1.165, 1.54) is 29.4 Å². The van der Waals surface area contributed by atoms with Gasteiger partial charge in [-0.2, -0.15) is 5.10 Å². The monoisotopic (exact) mass is 401 g/mol. The van der Waals surface area contributed by atoms with E-state index in [4.69, 9.17) is 5.10 Å². The number of amides is 1. The fraction of sp³-hybridized carbons (Fsp3) is 0.182. The number of carbonyl (C=O) groups excluding carboxylic acids is 1. The first-order valence-electron chi connectivity index (χ1n) is 9.47. The van der Waals surface area contributed by atoms with Crippen LogP contribution in [-0.2, 0) is 17.6 Å². The van der Waals surface area contributed by atoms with Crippen LogP contribution in [0.4, 0.5) is 5.13 Å². The van der Waals surface area contributed by atoms with Gasteiger partial charge in [0.05, 0.1) is 27.6 Å². The van der Waals surface area contributed by atoms with Crippen LogP contribution in [0.3, 0.4) is 0 Å². The van der Waals surface area contributed by atoms with E-state index in [-0.39, 0.29) is 5.91 Å². The summed E-state index contributed by atoms with van der Waals surface area (Å²) in [5.74, 6) is -0.112. The number of nitrogens with zero attached hydrogens (tertiary/aromatic N) is 4. The lowest BCUT2D eigenvalue weighted by Crippen LogP contribution is -2.07. The van der Waals surface area contributed by atoms with Gasteiger partial charge in [-0.25, -0.2) is 9.67 Å². The van der Waals surface area contributed by atoms with Crippen LogP contribution >= 0.6 is 11.3 Å². The number of anilines is 1. The predicted octanol–water partition coefficient (Wildman–Crippen LogP) is 4.42. The topological polar surface area (TPSA) is 72.7 Å². The number of aryl methyl sites for hydroxylation is 2. The summed E-state index contributed by atoms with van der Waals surface area (Å²) in [7, 11) is 0. The van der Waals surface area contributed by atoms with Crippen LogP contribution in [0.1, 0.15) is 23.7 Å². The van der Waals surface area contributed by atoms with E-state index in [1.54, 1.807) is 6.20 Å². The van der Waals surface area contributed by atoms with Gasteiger partial charge in [0.25, 0.3) is 0 Å². The van der Waals surface area contributed by atoms with Crippen LogP contribution in [0.2, 0.25) is 0 Å². The second kappa shape index (κ2) is 6.93. The summed E-state index contributed by atoms with van der Waals surface area (Å²) >= 11 is 1.51. The van der Waals surface area contributed by atoms with Crippen molar-refractivity contribution in [3.63, 3.8) is 0 Å². The number of hydrogen-bond donors (Lipinski definition) is 1.